The van der Waals surface area contributed by atoms with Gasteiger partial charge in [-0.15, -0.1) is 0 Å². The van der Waals surface area contributed by atoms with E-state index in [2.05, 4.69) is 25.2 Å². The summed E-state index contributed by atoms with van der Waals surface area (Å²) in [7, 11) is 0. The molecule has 0 aromatic heterocycles. The van der Waals surface area contributed by atoms with Gasteiger partial charge >= 0.3 is 0 Å². The topological polar surface area (TPSA) is 12.0 Å². The minimum Gasteiger partial charge on any atom is -0.384 e. The highest BCUT2D eigenvalue weighted by molar-refractivity contribution is 5.57. The molecule has 1 nitrogen and oxygen atoms in total. The zero-order chi connectivity index (χ0) is 9.42. The number of anilines is 1. The summed E-state index contributed by atoms with van der Waals surface area (Å²) in [6.07, 6.45) is 1.07. The second-order valence-electron chi connectivity index (χ2n) is 3.66. The summed E-state index contributed by atoms with van der Waals surface area (Å²) in [6, 6.07) is 4.83. The predicted octanol–water partition coefficient (Wildman–Crippen LogP) is 2.78. The number of rotatable bonds is 1. The highest BCUT2D eigenvalue weighted by Crippen LogP contribution is 2.26. The summed E-state index contributed by atoms with van der Waals surface area (Å²) < 4.78 is 7.84. The van der Waals surface area contributed by atoms with E-state index in [-0.39, 0.29) is 0 Å². The Hall–Kier alpha value is -0.980. The average Bonchev–Trinajstić information content (AvgIpc) is 2.48. The SMILES string of the molecule is [3H]c1cc2c(cc1C(C)C)NCC2. The van der Waals surface area contributed by atoms with E-state index < -0.39 is 0 Å². The number of nitrogens with one attached hydrogen (secondary N) is 1. The van der Waals surface area contributed by atoms with Crippen LogP contribution in [0.5, 0.6) is 0 Å². The van der Waals surface area contributed by atoms with Crippen LogP contribution >= 0.6 is 0 Å². The summed E-state index contributed by atoms with van der Waals surface area (Å²) >= 11 is 0. The van der Waals surface area contributed by atoms with Crippen molar-refractivity contribution in [2.24, 2.45) is 0 Å². The Bertz CT molecular complexity index is 331. The van der Waals surface area contributed by atoms with Gasteiger partial charge in [-0.2, -0.15) is 0 Å². The van der Waals surface area contributed by atoms with Crippen molar-refractivity contribution in [3.8, 4) is 0 Å². The van der Waals surface area contributed by atoms with E-state index in [1.807, 2.05) is 6.07 Å². The maximum atomic E-state index is 7.84. The molecule has 1 heteroatoms. The molecule has 0 aliphatic carbocycles. The van der Waals surface area contributed by atoms with Crippen molar-refractivity contribution in [1.29, 1.82) is 0 Å². The zero-order valence-electron chi connectivity index (χ0n) is 8.65. The molecule has 1 aliphatic rings. The molecule has 0 amide bonds. The molecule has 1 aliphatic heterocycles. The second kappa shape index (κ2) is 2.81. The molecule has 1 aromatic rings. The Labute approximate surface area is 75.2 Å². The minimum atomic E-state index is 0.445. The Morgan fingerprint density at radius 1 is 1.58 bits per heavy atom. The van der Waals surface area contributed by atoms with Gasteiger partial charge in [0, 0.05) is 12.2 Å². The maximum Gasteiger partial charge on any atom is 0.0626 e. The first-order valence-corrected chi connectivity index (χ1v) is 4.56. The molecule has 12 heavy (non-hydrogen) atoms. The fourth-order valence-electron chi connectivity index (χ4n) is 1.57. The number of benzene rings is 1. The van der Waals surface area contributed by atoms with Crippen molar-refractivity contribution in [2.45, 2.75) is 26.2 Å². The van der Waals surface area contributed by atoms with Gasteiger partial charge in [0.25, 0.3) is 0 Å². The Morgan fingerprint density at radius 2 is 2.42 bits per heavy atom. The van der Waals surface area contributed by atoms with E-state index in [9.17, 15) is 0 Å². The standard InChI is InChI=1S/C11H15N/c1-8(2)10-4-3-9-5-6-12-11(9)7-10/h3-4,7-8,12H,5-6H2,1-2H3/i4T. The van der Waals surface area contributed by atoms with Crippen molar-refractivity contribution in [1.82, 2.24) is 0 Å². The lowest BCUT2D eigenvalue weighted by Crippen LogP contribution is -1.92. The lowest BCUT2D eigenvalue weighted by atomic mass is 10.0. The molecule has 1 heterocycles. The van der Waals surface area contributed by atoms with Gasteiger partial charge in [-0.25, -0.2) is 0 Å². The predicted molar refractivity (Wildman–Crippen MR) is 52.7 cm³/mol. The van der Waals surface area contributed by atoms with Crippen LogP contribution in [0.15, 0.2) is 18.2 Å². The molecule has 1 aromatic carbocycles. The lowest BCUT2D eigenvalue weighted by Gasteiger charge is -2.07. The molecule has 2 rings (SSSR count). The molecule has 0 spiro atoms. The molecule has 0 atom stereocenters. The van der Waals surface area contributed by atoms with E-state index >= 15 is 0 Å². The summed E-state index contributed by atoms with van der Waals surface area (Å²) in [6.45, 7) is 5.29. The Balaban J connectivity index is 2.49. The summed E-state index contributed by atoms with van der Waals surface area (Å²) in [5.74, 6) is 0.445. The first-order valence-electron chi connectivity index (χ1n) is 5.06. The molecule has 0 saturated heterocycles. The normalized spacial score (nSPS) is 15.8. The van der Waals surface area contributed by atoms with Crippen LogP contribution in [0.2, 0.25) is 0 Å². The quantitative estimate of drug-likeness (QED) is 0.671. The second-order valence-corrected chi connectivity index (χ2v) is 3.66. The lowest BCUT2D eigenvalue weighted by molar-refractivity contribution is 0.867. The molecule has 0 radical (unpaired) electrons. The Morgan fingerprint density at radius 3 is 3.17 bits per heavy atom. The highest BCUT2D eigenvalue weighted by atomic mass is 14.9. The van der Waals surface area contributed by atoms with Crippen molar-refractivity contribution in [3.63, 3.8) is 0 Å². The van der Waals surface area contributed by atoms with Crippen LogP contribution in [-0.4, -0.2) is 6.54 Å². The molecule has 0 bridgehead atoms. The molecule has 0 unspecified atom stereocenters. The molecular formula is C11H15N. The van der Waals surface area contributed by atoms with Gasteiger partial charge in [0.2, 0.25) is 0 Å². The smallest absolute Gasteiger partial charge is 0.0626 e. The highest BCUT2D eigenvalue weighted by Gasteiger charge is 2.10. The van der Waals surface area contributed by atoms with Gasteiger partial charge in [0.15, 0.2) is 0 Å². The van der Waals surface area contributed by atoms with Gasteiger partial charge in [-0.3, -0.25) is 0 Å². The fraction of sp³-hybridized carbons (Fsp3) is 0.455. The molecular weight excluding hydrogens is 146 g/mol. The summed E-state index contributed by atoms with van der Waals surface area (Å²) in [5.41, 5.74) is 3.68. The first kappa shape index (κ1) is 6.53. The van der Waals surface area contributed by atoms with Crippen molar-refractivity contribution in [2.75, 3.05) is 11.9 Å². The monoisotopic (exact) mass is 163 g/mol. The van der Waals surface area contributed by atoms with E-state index in [0.29, 0.717) is 12.0 Å². The number of hydrogen-bond donors (Lipinski definition) is 1. The van der Waals surface area contributed by atoms with Crippen molar-refractivity contribution < 1.29 is 1.37 Å². The summed E-state index contributed by atoms with van der Waals surface area (Å²) in [4.78, 5) is 0. The molecule has 64 valence electrons. The van der Waals surface area contributed by atoms with Gasteiger partial charge in [0.05, 0.1) is 1.37 Å². The maximum absolute atomic E-state index is 7.84. The van der Waals surface area contributed by atoms with Crippen molar-refractivity contribution >= 4 is 5.69 Å². The van der Waals surface area contributed by atoms with Crippen LogP contribution in [0.4, 0.5) is 5.69 Å². The van der Waals surface area contributed by atoms with Crippen LogP contribution in [0.3, 0.4) is 0 Å². The van der Waals surface area contributed by atoms with Gasteiger partial charge in [-0.1, -0.05) is 26.0 Å². The van der Waals surface area contributed by atoms with E-state index in [1.54, 1.807) is 0 Å². The van der Waals surface area contributed by atoms with E-state index in [0.717, 1.165) is 18.5 Å². The molecule has 0 saturated carbocycles. The van der Waals surface area contributed by atoms with Crippen LogP contribution in [-0.2, 0) is 6.42 Å². The third-order valence-electron chi connectivity index (χ3n) is 2.39. The van der Waals surface area contributed by atoms with Gasteiger partial charge in [0.1, 0.15) is 0 Å². The van der Waals surface area contributed by atoms with E-state index in [1.165, 1.54) is 11.3 Å². The van der Waals surface area contributed by atoms with Gasteiger partial charge in [-0.05, 0) is 29.5 Å². The van der Waals surface area contributed by atoms with Crippen LogP contribution in [0, 0.1) is 0 Å². The zero-order valence-corrected chi connectivity index (χ0v) is 7.65. The first-order chi connectivity index (χ1) is 6.18. The number of hydrogen-bond acceptors (Lipinski definition) is 1. The van der Waals surface area contributed by atoms with Crippen molar-refractivity contribution in [3.05, 3.63) is 29.3 Å². The average molecular weight is 163 g/mol. The van der Waals surface area contributed by atoms with Gasteiger partial charge < -0.3 is 5.32 Å². The van der Waals surface area contributed by atoms with E-state index in [4.69, 9.17) is 1.37 Å². The minimum absolute atomic E-state index is 0.445. The third-order valence-corrected chi connectivity index (χ3v) is 2.39. The van der Waals surface area contributed by atoms with Crippen LogP contribution < -0.4 is 5.32 Å². The molecule has 1 N–H and O–H groups in total. The summed E-state index contributed by atoms with van der Waals surface area (Å²) in [5, 5.41) is 3.34. The third kappa shape index (κ3) is 1.20. The number of fused-ring (bicyclic) bond motifs is 1. The fourth-order valence-corrected chi connectivity index (χ4v) is 1.57. The van der Waals surface area contributed by atoms with Crippen LogP contribution in [0.25, 0.3) is 0 Å². The largest absolute Gasteiger partial charge is 0.384 e. The molecule has 0 fully saturated rings. The Kier molecular flexibility index (Phi) is 1.53. The van der Waals surface area contributed by atoms with Crippen LogP contribution in [0.1, 0.15) is 32.3 Å².